The maximum Gasteiger partial charge on any atom is 0.269 e. The van der Waals surface area contributed by atoms with Crippen molar-refractivity contribution < 1.29 is 9.59 Å². The summed E-state index contributed by atoms with van der Waals surface area (Å²) in [6.07, 6.45) is 1.78. The van der Waals surface area contributed by atoms with Crippen molar-refractivity contribution in [1.29, 1.82) is 0 Å². The van der Waals surface area contributed by atoms with Gasteiger partial charge in [-0.05, 0) is 36.4 Å². The van der Waals surface area contributed by atoms with E-state index in [0.29, 0.717) is 17.1 Å². The molecule has 138 valence electrons. The fourth-order valence-corrected chi connectivity index (χ4v) is 3.39. The summed E-state index contributed by atoms with van der Waals surface area (Å²) in [6, 6.07) is 14.1. The Bertz CT molecular complexity index is 985. The lowest BCUT2D eigenvalue weighted by atomic mass is 10.2. The van der Waals surface area contributed by atoms with Gasteiger partial charge in [0.1, 0.15) is 0 Å². The summed E-state index contributed by atoms with van der Waals surface area (Å²) in [5.41, 5.74) is 7.03. The van der Waals surface area contributed by atoms with Crippen LogP contribution in [0.4, 0.5) is 0 Å². The number of halogens is 1. The fourth-order valence-electron chi connectivity index (χ4n) is 2.44. The Morgan fingerprint density at radius 2 is 1.89 bits per heavy atom. The number of hydrogen-bond donors (Lipinski definition) is 2. The first-order valence-corrected chi connectivity index (χ1v) is 9.48. The first-order valence-electron chi connectivity index (χ1n) is 8.12. The molecule has 0 aliphatic carbocycles. The number of amides is 2. The SMILES string of the molecule is C=CCn1c(SCC(=O)NNC(=O)c2ccc(Cl)cc2)nc2ccccc21. The molecule has 0 spiro atoms. The number of carbonyl (C=O) groups is 2. The molecule has 0 bridgehead atoms. The van der Waals surface area contributed by atoms with Gasteiger partial charge in [-0.25, -0.2) is 4.98 Å². The Morgan fingerprint density at radius 3 is 2.63 bits per heavy atom. The van der Waals surface area contributed by atoms with Crippen molar-refractivity contribution in [2.75, 3.05) is 5.75 Å². The lowest BCUT2D eigenvalue weighted by molar-refractivity contribution is -0.119. The average molecular weight is 401 g/mol. The van der Waals surface area contributed by atoms with Gasteiger partial charge in [0.2, 0.25) is 5.91 Å². The summed E-state index contributed by atoms with van der Waals surface area (Å²) in [4.78, 5) is 28.6. The Balaban J connectivity index is 1.58. The van der Waals surface area contributed by atoms with Crippen molar-refractivity contribution in [3.63, 3.8) is 0 Å². The van der Waals surface area contributed by atoms with Crippen molar-refractivity contribution >= 4 is 46.2 Å². The highest BCUT2D eigenvalue weighted by Gasteiger charge is 2.13. The van der Waals surface area contributed by atoms with E-state index in [1.165, 1.54) is 11.8 Å². The quantitative estimate of drug-likeness (QED) is 0.377. The number of aromatic nitrogens is 2. The number of allylic oxidation sites excluding steroid dienone is 1. The predicted molar refractivity (Wildman–Crippen MR) is 108 cm³/mol. The summed E-state index contributed by atoms with van der Waals surface area (Å²) >= 11 is 7.08. The van der Waals surface area contributed by atoms with Crippen LogP contribution in [0.3, 0.4) is 0 Å². The van der Waals surface area contributed by atoms with E-state index in [1.807, 2.05) is 28.8 Å². The van der Waals surface area contributed by atoms with E-state index in [2.05, 4.69) is 22.4 Å². The first kappa shape index (κ1) is 19.0. The van der Waals surface area contributed by atoms with E-state index >= 15 is 0 Å². The third-order valence-corrected chi connectivity index (χ3v) is 4.91. The van der Waals surface area contributed by atoms with Gasteiger partial charge in [0.05, 0.1) is 16.8 Å². The molecule has 0 saturated carbocycles. The molecule has 2 N–H and O–H groups in total. The minimum atomic E-state index is -0.413. The molecule has 0 aliphatic heterocycles. The zero-order valence-corrected chi connectivity index (χ0v) is 15.9. The number of hydrogen-bond acceptors (Lipinski definition) is 4. The predicted octanol–water partition coefficient (Wildman–Crippen LogP) is 3.43. The van der Waals surface area contributed by atoms with Gasteiger partial charge in [-0.3, -0.25) is 20.4 Å². The second kappa shape index (κ2) is 8.75. The van der Waals surface area contributed by atoms with Gasteiger partial charge in [0.25, 0.3) is 5.91 Å². The number of fused-ring (bicyclic) bond motifs is 1. The number of para-hydroxylation sites is 2. The van der Waals surface area contributed by atoms with Crippen LogP contribution in [0, 0.1) is 0 Å². The summed E-state index contributed by atoms with van der Waals surface area (Å²) in [5, 5.41) is 1.25. The fraction of sp³-hybridized carbons (Fsp3) is 0.105. The second-order valence-electron chi connectivity index (χ2n) is 5.58. The lowest BCUT2D eigenvalue weighted by Crippen LogP contribution is -2.42. The Kier molecular flexibility index (Phi) is 6.16. The van der Waals surface area contributed by atoms with Crippen LogP contribution in [0.25, 0.3) is 11.0 Å². The number of nitrogens with zero attached hydrogens (tertiary/aromatic N) is 2. The van der Waals surface area contributed by atoms with Crippen LogP contribution in [0.2, 0.25) is 5.02 Å². The molecule has 1 aromatic heterocycles. The number of imidazole rings is 1. The van der Waals surface area contributed by atoms with E-state index in [4.69, 9.17) is 11.6 Å². The second-order valence-corrected chi connectivity index (χ2v) is 6.96. The van der Waals surface area contributed by atoms with Crippen molar-refractivity contribution in [3.05, 3.63) is 71.8 Å². The van der Waals surface area contributed by atoms with Crippen LogP contribution in [0.5, 0.6) is 0 Å². The standard InChI is InChI=1S/C19H17ClN4O2S/c1-2-11-24-16-6-4-3-5-15(16)21-19(24)27-12-17(25)22-23-18(26)13-7-9-14(20)10-8-13/h2-10H,1,11-12H2,(H,22,25)(H,23,26). The molecule has 27 heavy (non-hydrogen) atoms. The molecule has 0 atom stereocenters. The van der Waals surface area contributed by atoms with Crippen LogP contribution in [-0.4, -0.2) is 27.1 Å². The number of benzene rings is 2. The molecule has 0 saturated heterocycles. The van der Waals surface area contributed by atoms with Gasteiger partial charge >= 0.3 is 0 Å². The molecule has 0 fully saturated rings. The molecule has 3 rings (SSSR count). The monoisotopic (exact) mass is 400 g/mol. The molecular weight excluding hydrogens is 384 g/mol. The number of thioether (sulfide) groups is 1. The Morgan fingerprint density at radius 1 is 1.15 bits per heavy atom. The van der Waals surface area contributed by atoms with E-state index < -0.39 is 5.91 Å². The molecule has 1 heterocycles. The lowest BCUT2D eigenvalue weighted by Gasteiger charge is -2.08. The number of rotatable bonds is 6. The van der Waals surface area contributed by atoms with Crippen molar-refractivity contribution in [2.45, 2.75) is 11.7 Å². The zero-order chi connectivity index (χ0) is 19.2. The van der Waals surface area contributed by atoms with E-state index in [1.54, 1.807) is 30.3 Å². The maximum atomic E-state index is 12.1. The largest absolute Gasteiger partial charge is 0.315 e. The van der Waals surface area contributed by atoms with Gasteiger partial charge in [-0.2, -0.15) is 0 Å². The number of hydrazine groups is 1. The maximum absolute atomic E-state index is 12.1. The zero-order valence-electron chi connectivity index (χ0n) is 14.3. The summed E-state index contributed by atoms with van der Waals surface area (Å²) in [7, 11) is 0. The topological polar surface area (TPSA) is 76.0 Å². The molecule has 0 unspecified atom stereocenters. The van der Waals surface area contributed by atoms with Crippen molar-refractivity contribution in [1.82, 2.24) is 20.4 Å². The van der Waals surface area contributed by atoms with E-state index in [-0.39, 0.29) is 11.7 Å². The third kappa shape index (κ3) is 4.69. The van der Waals surface area contributed by atoms with E-state index in [0.717, 1.165) is 16.2 Å². The summed E-state index contributed by atoms with van der Waals surface area (Å²) < 4.78 is 1.99. The molecule has 0 aliphatic rings. The molecular formula is C19H17ClN4O2S. The highest BCUT2D eigenvalue weighted by Crippen LogP contribution is 2.23. The highest BCUT2D eigenvalue weighted by atomic mass is 35.5. The van der Waals surface area contributed by atoms with Gasteiger partial charge in [0.15, 0.2) is 5.16 Å². The molecule has 2 amide bonds. The van der Waals surface area contributed by atoms with Gasteiger partial charge < -0.3 is 4.57 Å². The van der Waals surface area contributed by atoms with Crippen LogP contribution in [0.1, 0.15) is 10.4 Å². The van der Waals surface area contributed by atoms with Crippen LogP contribution in [0.15, 0.2) is 66.3 Å². The molecule has 0 radical (unpaired) electrons. The van der Waals surface area contributed by atoms with Gasteiger partial charge in [-0.1, -0.05) is 41.6 Å². The minimum absolute atomic E-state index is 0.112. The molecule has 3 aromatic rings. The average Bonchev–Trinajstić information content (AvgIpc) is 3.03. The van der Waals surface area contributed by atoms with Crippen molar-refractivity contribution in [3.8, 4) is 0 Å². The van der Waals surface area contributed by atoms with E-state index in [9.17, 15) is 9.59 Å². The minimum Gasteiger partial charge on any atom is -0.315 e. The van der Waals surface area contributed by atoms with Gasteiger partial charge in [0, 0.05) is 17.1 Å². The van der Waals surface area contributed by atoms with Crippen LogP contribution < -0.4 is 10.9 Å². The normalized spacial score (nSPS) is 10.6. The first-order chi connectivity index (χ1) is 13.1. The summed E-state index contributed by atoms with van der Waals surface area (Å²) in [6.45, 7) is 4.36. The molecule has 6 nitrogen and oxygen atoms in total. The smallest absolute Gasteiger partial charge is 0.269 e. The Labute approximate surface area is 165 Å². The number of carbonyl (C=O) groups excluding carboxylic acids is 2. The van der Waals surface area contributed by atoms with Crippen LogP contribution >= 0.6 is 23.4 Å². The highest BCUT2D eigenvalue weighted by molar-refractivity contribution is 7.99. The molecule has 2 aromatic carbocycles. The molecule has 8 heteroatoms. The third-order valence-electron chi connectivity index (χ3n) is 3.69. The summed E-state index contributed by atoms with van der Waals surface area (Å²) in [5.74, 6) is -0.634. The Hall–Kier alpha value is -2.77. The van der Waals surface area contributed by atoms with Crippen LogP contribution in [-0.2, 0) is 11.3 Å². The van der Waals surface area contributed by atoms with Crippen molar-refractivity contribution in [2.24, 2.45) is 0 Å². The van der Waals surface area contributed by atoms with Gasteiger partial charge in [-0.15, -0.1) is 6.58 Å². The number of nitrogens with one attached hydrogen (secondary N) is 2.